The highest BCUT2D eigenvalue weighted by Crippen LogP contribution is 2.32. The van der Waals surface area contributed by atoms with Crippen molar-refractivity contribution < 1.29 is 18.8 Å². The van der Waals surface area contributed by atoms with Crippen molar-refractivity contribution in [3.05, 3.63) is 35.6 Å². The highest BCUT2D eigenvalue weighted by Gasteiger charge is 2.51. The molecular formula is C15H18FN3O3. The molecule has 118 valence electrons. The molecule has 1 unspecified atom stereocenters. The molecule has 0 aliphatic carbocycles. The Morgan fingerprint density at radius 1 is 1.27 bits per heavy atom. The Balaban J connectivity index is 2.35. The zero-order valence-corrected chi connectivity index (χ0v) is 12.7. The number of benzene rings is 1. The molecule has 1 aliphatic rings. The van der Waals surface area contributed by atoms with E-state index in [1.165, 1.54) is 29.2 Å². The van der Waals surface area contributed by atoms with Crippen molar-refractivity contribution in [2.24, 2.45) is 0 Å². The highest BCUT2D eigenvalue weighted by molar-refractivity contribution is 6.09. The highest BCUT2D eigenvalue weighted by atomic mass is 19.1. The first-order valence-corrected chi connectivity index (χ1v) is 6.92. The van der Waals surface area contributed by atoms with E-state index >= 15 is 0 Å². The summed E-state index contributed by atoms with van der Waals surface area (Å²) >= 11 is 0. The number of carbonyl (C=O) groups is 3. The van der Waals surface area contributed by atoms with Gasteiger partial charge in [0.2, 0.25) is 5.91 Å². The maximum Gasteiger partial charge on any atom is 0.325 e. The van der Waals surface area contributed by atoms with Crippen LogP contribution in [0, 0.1) is 5.82 Å². The molecule has 1 heterocycles. The molecule has 0 bridgehead atoms. The molecule has 4 amide bonds. The largest absolute Gasteiger partial charge is 0.347 e. The molecule has 1 aromatic rings. The number of amides is 4. The van der Waals surface area contributed by atoms with Gasteiger partial charge >= 0.3 is 6.03 Å². The lowest BCUT2D eigenvalue weighted by Gasteiger charge is -2.26. The van der Waals surface area contributed by atoms with Crippen LogP contribution in [-0.2, 0) is 15.1 Å². The fraction of sp³-hybridized carbons (Fsp3) is 0.400. The second-order valence-corrected chi connectivity index (χ2v) is 5.38. The normalized spacial score (nSPS) is 21.0. The molecule has 0 saturated carbocycles. The van der Waals surface area contributed by atoms with Gasteiger partial charge in [-0.1, -0.05) is 19.1 Å². The molecule has 1 atom stereocenters. The predicted molar refractivity (Wildman–Crippen MR) is 77.3 cm³/mol. The van der Waals surface area contributed by atoms with E-state index in [9.17, 15) is 18.8 Å². The second kappa shape index (κ2) is 5.75. The summed E-state index contributed by atoms with van der Waals surface area (Å²) < 4.78 is 13.1. The first-order valence-electron chi connectivity index (χ1n) is 6.92. The van der Waals surface area contributed by atoms with E-state index in [1.54, 1.807) is 21.0 Å². The lowest BCUT2D eigenvalue weighted by atomic mass is 9.87. The van der Waals surface area contributed by atoms with Gasteiger partial charge in [0.05, 0.1) is 0 Å². The zero-order chi connectivity index (χ0) is 16.5. The molecule has 1 N–H and O–H groups in total. The van der Waals surface area contributed by atoms with E-state index in [0.29, 0.717) is 12.0 Å². The molecule has 6 nitrogen and oxygen atoms in total. The van der Waals surface area contributed by atoms with Gasteiger partial charge in [0.1, 0.15) is 17.9 Å². The third kappa shape index (κ3) is 2.54. The number of halogens is 1. The minimum atomic E-state index is -1.25. The number of urea groups is 1. The number of nitrogens with one attached hydrogen (secondary N) is 1. The van der Waals surface area contributed by atoms with E-state index in [-0.39, 0.29) is 12.5 Å². The summed E-state index contributed by atoms with van der Waals surface area (Å²) in [6, 6.07) is 4.79. The van der Waals surface area contributed by atoms with Crippen LogP contribution in [0.25, 0.3) is 0 Å². The van der Waals surface area contributed by atoms with Crippen LogP contribution in [0.3, 0.4) is 0 Å². The van der Waals surface area contributed by atoms with Crippen LogP contribution >= 0.6 is 0 Å². The van der Waals surface area contributed by atoms with Crippen LogP contribution in [0.1, 0.15) is 18.9 Å². The van der Waals surface area contributed by atoms with Crippen LogP contribution in [0.4, 0.5) is 9.18 Å². The van der Waals surface area contributed by atoms with Gasteiger partial charge in [-0.05, 0) is 24.1 Å². The Bertz CT molecular complexity index is 615. The minimum Gasteiger partial charge on any atom is -0.347 e. The third-order valence-electron chi connectivity index (χ3n) is 3.84. The number of nitrogens with zero attached hydrogens (tertiary/aromatic N) is 2. The Kier molecular flexibility index (Phi) is 4.16. The molecule has 2 rings (SSSR count). The quantitative estimate of drug-likeness (QED) is 0.846. The topological polar surface area (TPSA) is 69.7 Å². The number of rotatable bonds is 4. The summed E-state index contributed by atoms with van der Waals surface area (Å²) in [5, 5.41) is 2.64. The van der Waals surface area contributed by atoms with Crippen molar-refractivity contribution in [2.45, 2.75) is 18.9 Å². The number of hydrogen-bond donors (Lipinski definition) is 1. The van der Waals surface area contributed by atoms with Crippen molar-refractivity contribution >= 4 is 17.8 Å². The summed E-state index contributed by atoms with van der Waals surface area (Å²) in [6.07, 6.45) is 0.301. The van der Waals surface area contributed by atoms with Gasteiger partial charge < -0.3 is 10.2 Å². The summed E-state index contributed by atoms with van der Waals surface area (Å²) in [7, 11) is 3.10. The van der Waals surface area contributed by atoms with E-state index < -0.39 is 23.3 Å². The van der Waals surface area contributed by atoms with Gasteiger partial charge in [-0.15, -0.1) is 0 Å². The molecule has 1 saturated heterocycles. The Morgan fingerprint density at radius 2 is 1.86 bits per heavy atom. The minimum absolute atomic E-state index is 0.301. The summed E-state index contributed by atoms with van der Waals surface area (Å²) in [6.45, 7) is 1.43. The van der Waals surface area contributed by atoms with Crippen molar-refractivity contribution in [3.63, 3.8) is 0 Å². The van der Waals surface area contributed by atoms with Gasteiger partial charge in [0, 0.05) is 14.1 Å². The molecule has 0 radical (unpaired) electrons. The fourth-order valence-electron chi connectivity index (χ4n) is 2.42. The molecule has 7 heteroatoms. The Hall–Kier alpha value is -2.44. The van der Waals surface area contributed by atoms with E-state index in [2.05, 4.69) is 5.32 Å². The standard InChI is InChI=1S/C15H18FN3O3/c1-4-15(10-5-7-11(16)8-6-10)13(21)19(14(22)17-15)9-12(20)18(2)3/h5-8H,4,9H2,1-3H3,(H,17,22). The zero-order valence-electron chi connectivity index (χ0n) is 12.7. The fourth-order valence-corrected chi connectivity index (χ4v) is 2.42. The van der Waals surface area contributed by atoms with Gasteiger partial charge in [0.15, 0.2) is 0 Å². The number of hydrogen-bond acceptors (Lipinski definition) is 3. The first kappa shape index (κ1) is 15.9. The van der Waals surface area contributed by atoms with Crippen LogP contribution in [-0.4, -0.2) is 48.3 Å². The first-order chi connectivity index (χ1) is 10.3. The Labute approximate surface area is 127 Å². The lowest BCUT2D eigenvalue weighted by molar-refractivity contribution is -0.138. The maximum absolute atomic E-state index is 13.1. The molecule has 22 heavy (non-hydrogen) atoms. The predicted octanol–water partition coefficient (Wildman–Crippen LogP) is 1.07. The van der Waals surface area contributed by atoms with Crippen molar-refractivity contribution in [1.29, 1.82) is 0 Å². The number of likely N-dealkylation sites (N-methyl/N-ethyl adjacent to an activating group) is 1. The monoisotopic (exact) mass is 307 g/mol. The third-order valence-corrected chi connectivity index (χ3v) is 3.84. The van der Waals surface area contributed by atoms with Crippen molar-refractivity contribution in [3.8, 4) is 0 Å². The van der Waals surface area contributed by atoms with Gasteiger partial charge in [-0.3, -0.25) is 14.5 Å². The lowest BCUT2D eigenvalue weighted by Crippen LogP contribution is -2.44. The van der Waals surface area contributed by atoms with Crippen molar-refractivity contribution in [2.75, 3.05) is 20.6 Å². The van der Waals surface area contributed by atoms with Crippen molar-refractivity contribution in [1.82, 2.24) is 15.1 Å². The van der Waals surface area contributed by atoms with Crippen LogP contribution in [0.5, 0.6) is 0 Å². The molecule has 0 aromatic heterocycles. The van der Waals surface area contributed by atoms with E-state index in [4.69, 9.17) is 0 Å². The Morgan fingerprint density at radius 3 is 2.36 bits per heavy atom. The van der Waals surface area contributed by atoms with E-state index in [0.717, 1.165) is 4.90 Å². The van der Waals surface area contributed by atoms with Gasteiger partial charge in [-0.25, -0.2) is 9.18 Å². The SMILES string of the molecule is CCC1(c2ccc(F)cc2)NC(=O)N(CC(=O)N(C)C)C1=O. The van der Waals surface area contributed by atoms with Gasteiger partial charge in [-0.2, -0.15) is 0 Å². The number of carbonyl (C=O) groups excluding carboxylic acids is 3. The summed E-state index contributed by atoms with van der Waals surface area (Å²) in [5.41, 5.74) is -0.758. The maximum atomic E-state index is 13.1. The summed E-state index contributed by atoms with van der Waals surface area (Å²) in [4.78, 5) is 38.8. The second-order valence-electron chi connectivity index (χ2n) is 5.38. The molecule has 0 spiro atoms. The van der Waals surface area contributed by atoms with Gasteiger partial charge in [0.25, 0.3) is 5.91 Å². The molecular weight excluding hydrogens is 289 g/mol. The number of imide groups is 1. The van der Waals surface area contributed by atoms with E-state index in [1.807, 2.05) is 0 Å². The summed E-state index contributed by atoms with van der Waals surface area (Å²) in [5.74, 6) is -1.28. The average molecular weight is 307 g/mol. The smallest absolute Gasteiger partial charge is 0.325 e. The molecule has 1 aliphatic heterocycles. The molecule has 1 aromatic carbocycles. The van der Waals surface area contributed by atoms with Crippen LogP contribution < -0.4 is 5.32 Å². The van der Waals surface area contributed by atoms with Crippen LogP contribution in [0.15, 0.2) is 24.3 Å². The van der Waals surface area contributed by atoms with Crippen LogP contribution in [0.2, 0.25) is 0 Å². The average Bonchev–Trinajstić information content (AvgIpc) is 2.73. The molecule has 1 fully saturated rings.